The van der Waals surface area contributed by atoms with E-state index in [2.05, 4.69) is 10.1 Å². The number of phenols is 1. The van der Waals surface area contributed by atoms with Crippen LogP contribution in [0.25, 0.3) is 0 Å². The number of anilines is 1. The summed E-state index contributed by atoms with van der Waals surface area (Å²) in [4.78, 5) is 11.3. The van der Waals surface area contributed by atoms with Gasteiger partial charge in [0, 0.05) is 5.69 Å². The van der Waals surface area contributed by atoms with Gasteiger partial charge in [-0.25, -0.2) is 4.79 Å². The Morgan fingerprint density at radius 1 is 1.42 bits per heavy atom. The molecule has 100 valence electrons. The van der Waals surface area contributed by atoms with E-state index in [0.29, 0.717) is 17.9 Å². The molecule has 5 heteroatoms. The average Bonchev–Trinajstić information content (AvgIpc) is 2.85. The summed E-state index contributed by atoms with van der Waals surface area (Å²) in [6.45, 7) is 2.34. The van der Waals surface area contributed by atoms with Crippen molar-refractivity contribution >= 4 is 11.7 Å². The first-order valence-electron chi connectivity index (χ1n) is 5.79. The zero-order chi connectivity index (χ0) is 13.8. The van der Waals surface area contributed by atoms with Crippen molar-refractivity contribution in [3.8, 4) is 5.75 Å². The molecule has 0 atom stereocenters. The van der Waals surface area contributed by atoms with Gasteiger partial charge in [-0.15, -0.1) is 0 Å². The third kappa shape index (κ3) is 3.07. The van der Waals surface area contributed by atoms with Gasteiger partial charge in [0.1, 0.15) is 17.8 Å². The largest absolute Gasteiger partial charge is 0.508 e. The van der Waals surface area contributed by atoms with Crippen LogP contribution < -0.4 is 5.32 Å². The van der Waals surface area contributed by atoms with Crippen molar-refractivity contribution in [1.29, 1.82) is 0 Å². The lowest BCUT2D eigenvalue weighted by Gasteiger charge is -2.08. The van der Waals surface area contributed by atoms with Crippen LogP contribution >= 0.6 is 0 Å². The first kappa shape index (κ1) is 13.0. The zero-order valence-electron chi connectivity index (χ0n) is 10.8. The van der Waals surface area contributed by atoms with Gasteiger partial charge in [-0.3, -0.25) is 0 Å². The summed E-state index contributed by atoms with van der Waals surface area (Å²) in [5, 5.41) is 12.5. The number of esters is 1. The Kier molecular flexibility index (Phi) is 3.75. The lowest BCUT2D eigenvalue weighted by Crippen LogP contribution is -2.01. The molecule has 0 amide bonds. The maximum Gasteiger partial charge on any atom is 0.341 e. The van der Waals surface area contributed by atoms with E-state index < -0.39 is 5.97 Å². The normalized spacial score (nSPS) is 10.2. The van der Waals surface area contributed by atoms with Gasteiger partial charge in [-0.2, -0.15) is 0 Å². The van der Waals surface area contributed by atoms with E-state index in [-0.39, 0.29) is 5.75 Å². The minimum absolute atomic E-state index is 0.231. The molecule has 0 unspecified atom stereocenters. The molecular formula is C14H15NO4. The van der Waals surface area contributed by atoms with Gasteiger partial charge in [0.15, 0.2) is 0 Å². The number of phenolic OH excluding ortho intramolecular Hbond substituents is 1. The Labute approximate surface area is 110 Å². The quantitative estimate of drug-likeness (QED) is 0.654. The van der Waals surface area contributed by atoms with E-state index in [1.807, 2.05) is 6.92 Å². The summed E-state index contributed by atoms with van der Waals surface area (Å²) in [7, 11) is 1.33. The van der Waals surface area contributed by atoms with Gasteiger partial charge >= 0.3 is 5.97 Å². The van der Waals surface area contributed by atoms with Gasteiger partial charge in [-0.1, -0.05) is 0 Å². The molecule has 0 radical (unpaired) electrons. The molecule has 1 aromatic carbocycles. The van der Waals surface area contributed by atoms with Crippen molar-refractivity contribution in [2.24, 2.45) is 0 Å². The highest BCUT2D eigenvalue weighted by Gasteiger charge is 2.10. The van der Waals surface area contributed by atoms with Crippen molar-refractivity contribution in [3.05, 3.63) is 47.4 Å². The van der Waals surface area contributed by atoms with Gasteiger partial charge in [-0.05, 0) is 36.8 Å². The maximum atomic E-state index is 11.3. The molecule has 2 aromatic rings. The van der Waals surface area contributed by atoms with E-state index >= 15 is 0 Å². The highest BCUT2D eigenvalue weighted by atomic mass is 16.5. The average molecular weight is 261 g/mol. The first-order valence-corrected chi connectivity index (χ1v) is 5.79. The summed E-state index contributed by atoms with van der Waals surface area (Å²) >= 11 is 0. The second-order valence-corrected chi connectivity index (χ2v) is 4.15. The van der Waals surface area contributed by atoms with Crippen molar-refractivity contribution in [2.45, 2.75) is 13.5 Å². The third-order valence-electron chi connectivity index (χ3n) is 2.74. The Morgan fingerprint density at radius 3 is 2.89 bits per heavy atom. The lowest BCUT2D eigenvalue weighted by atomic mass is 10.2. The lowest BCUT2D eigenvalue weighted by molar-refractivity contribution is 0.0600. The Hall–Kier alpha value is -2.43. The first-order chi connectivity index (χ1) is 9.10. The zero-order valence-corrected chi connectivity index (χ0v) is 10.8. The SMILES string of the molecule is COC(=O)c1coc(CNc2ccc(O)cc2C)c1. The van der Waals surface area contributed by atoms with E-state index in [9.17, 15) is 9.90 Å². The number of rotatable bonds is 4. The van der Waals surface area contributed by atoms with Gasteiger partial charge < -0.3 is 19.6 Å². The Morgan fingerprint density at radius 2 is 2.21 bits per heavy atom. The van der Waals surface area contributed by atoms with Crippen LogP contribution in [0.4, 0.5) is 5.69 Å². The van der Waals surface area contributed by atoms with E-state index in [0.717, 1.165) is 11.3 Å². The summed E-state index contributed by atoms with van der Waals surface area (Å²) in [6.07, 6.45) is 1.37. The van der Waals surface area contributed by atoms with Crippen molar-refractivity contribution in [3.63, 3.8) is 0 Å². The van der Waals surface area contributed by atoms with Crippen LogP contribution in [0.2, 0.25) is 0 Å². The fourth-order valence-electron chi connectivity index (χ4n) is 1.73. The Balaban J connectivity index is 2.02. The summed E-state index contributed by atoms with van der Waals surface area (Å²) in [5.74, 6) is 0.442. The summed E-state index contributed by atoms with van der Waals surface area (Å²) in [5.41, 5.74) is 2.22. The van der Waals surface area contributed by atoms with Gasteiger partial charge in [0.05, 0.1) is 19.2 Å². The van der Waals surface area contributed by atoms with E-state index in [1.54, 1.807) is 24.3 Å². The monoisotopic (exact) mass is 261 g/mol. The number of furan rings is 1. The van der Waals surface area contributed by atoms with E-state index in [4.69, 9.17) is 4.42 Å². The molecule has 0 spiro atoms. The molecule has 1 heterocycles. The number of aryl methyl sites for hydroxylation is 1. The fraction of sp³-hybridized carbons (Fsp3) is 0.214. The number of hydrogen-bond acceptors (Lipinski definition) is 5. The number of ether oxygens (including phenoxy) is 1. The van der Waals surface area contributed by atoms with Crippen molar-refractivity contribution in [1.82, 2.24) is 0 Å². The standard InChI is InChI=1S/C14H15NO4/c1-9-5-11(16)3-4-13(9)15-7-12-6-10(8-19-12)14(17)18-2/h3-6,8,15-16H,7H2,1-2H3. The second kappa shape index (κ2) is 5.48. The minimum Gasteiger partial charge on any atom is -0.508 e. The van der Waals surface area contributed by atoms with Crippen LogP contribution in [-0.2, 0) is 11.3 Å². The molecule has 0 fully saturated rings. The van der Waals surface area contributed by atoms with Crippen LogP contribution in [0.3, 0.4) is 0 Å². The molecule has 2 rings (SSSR count). The second-order valence-electron chi connectivity index (χ2n) is 4.15. The molecular weight excluding hydrogens is 246 g/mol. The topological polar surface area (TPSA) is 71.7 Å². The van der Waals surface area contributed by atoms with Crippen LogP contribution in [-0.4, -0.2) is 18.2 Å². The fourth-order valence-corrected chi connectivity index (χ4v) is 1.73. The van der Waals surface area contributed by atoms with Crippen LogP contribution in [0.5, 0.6) is 5.75 Å². The number of carbonyl (C=O) groups excluding carboxylic acids is 1. The molecule has 0 aliphatic rings. The maximum absolute atomic E-state index is 11.3. The summed E-state index contributed by atoms with van der Waals surface area (Å²) < 4.78 is 9.86. The van der Waals surface area contributed by atoms with Gasteiger partial charge in [0.25, 0.3) is 0 Å². The molecule has 0 bridgehead atoms. The smallest absolute Gasteiger partial charge is 0.341 e. The number of carbonyl (C=O) groups is 1. The molecule has 0 aliphatic heterocycles. The third-order valence-corrected chi connectivity index (χ3v) is 2.74. The predicted molar refractivity (Wildman–Crippen MR) is 70.2 cm³/mol. The molecule has 0 aliphatic carbocycles. The number of benzene rings is 1. The summed E-state index contributed by atoms with van der Waals surface area (Å²) in [6, 6.07) is 6.70. The molecule has 1 aromatic heterocycles. The minimum atomic E-state index is -0.421. The van der Waals surface area contributed by atoms with Crippen LogP contribution in [0.15, 0.2) is 34.9 Å². The Bertz CT molecular complexity index is 589. The molecule has 5 nitrogen and oxygen atoms in total. The molecule has 19 heavy (non-hydrogen) atoms. The van der Waals surface area contributed by atoms with E-state index in [1.165, 1.54) is 13.4 Å². The highest BCUT2D eigenvalue weighted by molar-refractivity contribution is 5.89. The molecule has 0 saturated carbocycles. The molecule has 0 saturated heterocycles. The number of hydrogen-bond donors (Lipinski definition) is 2. The van der Waals surface area contributed by atoms with Crippen LogP contribution in [0.1, 0.15) is 21.7 Å². The number of methoxy groups -OCH3 is 1. The van der Waals surface area contributed by atoms with Crippen molar-refractivity contribution < 1.29 is 19.1 Å². The van der Waals surface area contributed by atoms with Crippen LogP contribution in [0, 0.1) is 6.92 Å². The van der Waals surface area contributed by atoms with Crippen molar-refractivity contribution in [2.75, 3.05) is 12.4 Å². The highest BCUT2D eigenvalue weighted by Crippen LogP contribution is 2.21. The van der Waals surface area contributed by atoms with Gasteiger partial charge in [0.2, 0.25) is 0 Å². The molecule has 2 N–H and O–H groups in total. The predicted octanol–water partition coefficient (Wildman–Crippen LogP) is 2.69. The number of nitrogens with one attached hydrogen (secondary N) is 1. The number of aromatic hydroxyl groups is 1.